The highest BCUT2D eigenvalue weighted by Crippen LogP contribution is 2.28. The summed E-state index contributed by atoms with van der Waals surface area (Å²) in [7, 11) is -3.90. The van der Waals surface area contributed by atoms with E-state index in [2.05, 4.69) is 9.62 Å². The zero-order valence-electron chi connectivity index (χ0n) is 15.8. The van der Waals surface area contributed by atoms with Crippen molar-refractivity contribution in [3.05, 3.63) is 28.2 Å². The van der Waals surface area contributed by atoms with Crippen molar-refractivity contribution >= 4 is 45.0 Å². The zero-order valence-corrected chi connectivity index (χ0v) is 18.1. The molecule has 1 aromatic carbocycles. The molecule has 2 heterocycles. The normalized spacial score (nSPS) is 19.2. The van der Waals surface area contributed by atoms with Crippen LogP contribution < -0.4 is 10.5 Å². The first-order chi connectivity index (χ1) is 13.7. The number of nitrogens with one attached hydrogen (secondary N) is 1. The third-order valence-corrected chi connectivity index (χ3v) is 7.90. The van der Waals surface area contributed by atoms with Gasteiger partial charge in [-0.1, -0.05) is 29.3 Å². The lowest BCUT2D eigenvalue weighted by molar-refractivity contribution is -0.139. The monoisotopic (exact) mass is 462 g/mol. The molecule has 11 heteroatoms. The fourth-order valence-electron chi connectivity index (χ4n) is 3.70. The SMILES string of the molecule is NC(=O)C1CCN(C2CN(C(=O)CCNS(=O)(=O)c3c(Cl)cccc3Cl)C2)CC1. The summed E-state index contributed by atoms with van der Waals surface area (Å²) in [6, 6.07) is 4.73. The van der Waals surface area contributed by atoms with Crippen LogP contribution in [0.3, 0.4) is 0 Å². The number of carbonyl (C=O) groups excluding carboxylic acids is 2. The number of nitrogens with zero attached hydrogens (tertiary/aromatic N) is 2. The number of carbonyl (C=O) groups is 2. The molecule has 160 valence electrons. The molecule has 2 fully saturated rings. The van der Waals surface area contributed by atoms with Crippen molar-refractivity contribution in [2.75, 3.05) is 32.7 Å². The maximum atomic E-state index is 12.4. The van der Waals surface area contributed by atoms with Crippen molar-refractivity contribution in [2.45, 2.75) is 30.2 Å². The summed E-state index contributed by atoms with van der Waals surface area (Å²) >= 11 is 11.9. The Labute approximate surface area is 180 Å². The zero-order chi connectivity index (χ0) is 21.2. The number of nitrogens with two attached hydrogens (primary N) is 1. The van der Waals surface area contributed by atoms with Crippen molar-refractivity contribution in [3.8, 4) is 0 Å². The molecule has 3 rings (SSSR count). The number of sulfonamides is 1. The van der Waals surface area contributed by atoms with E-state index < -0.39 is 10.0 Å². The van der Waals surface area contributed by atoms with Gasteiger partial charge in [0.25, 0.3) is 0 Å². The Bertz CT molecular complexity index is 862. The van der Waals surface area contributed by atoms with Crippen LogP contribution in [0.5, 0.6) is 0 Å². The molecule has 0 aromatic heterocycles. The topological polar surface area (TPSA) is 113 Å². The van der Waals surface area contributed by atoms with E-state index in [0.29, 0.717) is 13.1 Å². The summed E-state index contributed by atoms with van der Waals surface area (Å²) < 4.78 is 27.2. The Hall–Kier alpha value is -1.39. The average molecular weight is 463 g/mol. The molecule has 2 aliphatic rings. The molecule has 2 saturated heterocycles. The van der Waals surface area contributed by atoms with E-state index in [0.717, 1.165) is 25.9 Å². The van der Waals surface area contributed by atoms with E-state index in [4.69, 9.17) is 28.9 Å². The molecular formula is C18H24Cl2N4O4S. The van der Waals surface area contributed by atoms with E-state index >= 15 is 0 Å². The molecule has 0 aliphatic carbocycles. The Kier molecular flexibility index (Phi) is 7.06. The van der Waals surface area contributed by atoms with Gasteiger partial charge < -0.3 is 10.6 Å². The number of amides is 2. The van der Waals surface area contributed by atoms with Gasteiger partial charge in [-0.25, -0.2) is 13.1 Å². The predicted octanol–water partition coefficient (Wildman–Crippen LogP) is 1.07. The molecular weight excluding hydrogens is 439 g/mol. The van der Waals surface area contributed by atoms with Crippen molar-refractivity contribution in [2.24, 2.45) is 11.7 Å². The van der Waals surface area contributed by atoms with Gasteiger partial charge in [-0.15, -0.1) is 0 Å². The fraction of sp³-hybridized carbons (Fsp3) is 0.556. The third-order valence-electron chi connectivity index (χ3n) is 5.48. The Morgan fingerprint density at radius 2 is 1.72 bits per heavy atom. The van der Waals surface area contributed by atoms with Gasteiger partial charge in [-0.05, 0) is 38.1 Å². The molecule has 3 N–H and O–H groups in total. The van der Waals surface area contributed by atoms with Crippen molar-refractivity contribution < 1.29 is 18.0 Å². The van der Waals surface area contributed by atoms with Crippen molar-refractivity contribution in [1.82, 2.24) is 14.5 Å². The first kappa shape index (κ1) is 22.3. The van der Waals surface area contributed by atoms with Gasteiger partial charge in [-0.2, -0.15) is 0 Å². The minimum Gasteiger partial charge on any atom is -0.369 e. The van der Waals surface area contributed by atoms with Crippen LogP contribution in [0.15, 0.2) is 23.1 Å². The first-order valence-electron chi connectivity index (χ1n) is 9.44. The number of hydrogen-bond donors (Lipinski definition) is 2. The lowest BCUT2D eigenvalue weighted by Crippen LogP contribution is -2.62. The van der Waals surface area contributed by atoms with E-state index in [9.17, 15) is 18.0 Å². The second kappa shape index (κ2) is 9.18. The minimum atomic E-state index is -3.90. The van der Waals surface area contributed by atoms with Crippen LogP contribution in [0.25, 0.3) is 0 Å². The fourth-order valence-corrected chi connectivity index (χ4v) is 5.87. The summed E-state index contributed by atoms with van der Waals surface area (Å²) in [5.41, 5.74) is 5.35. The molecule has 0 saturated carbocycles. The molecule has 29 heavy (non-hydrogen) atoms. The quantitative estimate of drug-likeness (QED) is 0.628. The van der Waals surface area contributed by atoms with Crippen LogP contribution in [0.2, 0.25) is 10.0 Å². The highest BCUT2D eigenvalue weighted by Gasteiger charge is 2.36. The lowest BCUT2D eigenvalue weighted by Gasteiger charge is -2.47. The number of benzene rings is 1. The second-order valence-corrected chi connectivity index (χ2v) is 9.88. The number of likely N-dealkylation sites (tertiary alicyclic amines) is 2. The molecule has 2 aliphatic heterocycles. The van der Waals surface area contributed by atoms with Crippen molar-refractivity contribution in [1.29, 1.82) is 0 Å². The van der Waals surface area contributed by atoms with Gasteiger partial charge >= 0.3 is 0 Å². The van der Waals surface area contributed by atoms with Crippen LogP contribution in [0.1, 0.15) is 19.3 Å². The van der Waals surface area contributed by atoms with Gasteiger partial charge in [-0.3, -0.25) is 14.5 Å². The Morgan fingerprint density at radius 1 is 1.14 bits per heavy atom. The highest BCUT2D eigenvalue weighted by molar-refractivity contribution is 7.89. The van der Waals surface area contributed by atoms with Crippen LogP contribution in [-0.2, 0) is 19.6 Å². The number of halogens is 2. The molecule has 0 radical (unpaired) electrons. The van der Waals surface area contributed by atoms with E-state index in [-0.39, 0.29) is 51.7 Å². The Morgan fingerprint density at radius 3 is 2.28 bits per heavy atom. The van der Waals surface area contributed by atoms with Crippen molar-refractivity contribution in [3.63, 3.8) is 0 Å². The van der Waals surface area contributed by atoms with Gasteiger partial charge in [0.1, 0.15) is 4.90 Å². The maximum Gasteiger partial charge on any atom is 0.243 e. The standard InChI is InChI=1S/C18H24Cl2N4O4S/c19-14-2-1-3-15(20)17(14)29(27,28)22-7-4-16(25)24-10-13(11-24)23-8-5-12(6-9-23)18(21)26/h1-3,12-13,22H,4-11H2,(H2,21,26). The number of rotatable bonds is 7. The third kappa shape index (κ3) is 5.21. The van der Waals surface area contributed by atoms with Crippen LogP contribution in [-0.4, -0.2) is 68.8 Å². The average Bonchev–Trinajstić information content (AvgIpc) is 2.60. The van der Waals surface area contributed by atoms with E-state index in [1.165, 1.54) is 12.1 Å². The summed E-state index contributed by atoms with van der Waals surface area (Å²) in [6.45, 7) is 2.80. The van der Waals surface area contributed by atoms with E-state index in [1.807, 2.05) is 0 Å². The van der Waals surface area contributed by atoms with E-state index in [1.54, 1.807) is 11.0 Å². The molecule has 2 amide bonds. The summed E-state index contributed by atoms with van der Waals surface area (Å²) in [4.78, 5) is 27.4. The molecule has 0 bridgehead atoms. The summed E-state index contributed by atoms with van der Waals surface area (Å²) in [5, 5.41) is 0.0593. The highest BCUT2D eigenvalue weighted by atomic mass is 35.5. The van der Waals surface area contributed by atoms with Crippen LogP contribution in [0, 0.1) is 5.92 Å². The number of primary amides is 1. The largest absolute Gasteiger partial charge is 0.369 e. The molecule has 0 spiro atoms. The molecule has 0 unspecified atom stereocenters. The molecule has 8 nitrogen and oxygen atoms in total. The maximum absolute atomic E-state index is 12.4. The molecule has 1 aromatic rings. The summed E-state index contributed by atoms with van der Waals surface area (Å²) in [5.74, 6) is -0.402. The second-order valence-electron chi connectivity index (χ2n) is 7.36. The van der Waals surface area contributed by atoms with Gasteiger partial charge in [0.05, 0.1) is 10.0 Å². The van der Waals surface area contributed by atoms with Gasteiger partial charge in [0, 0.05) is 38.0 Å². The number of piperidine rings is 1. The minimum absolute atomic E-state index is 0.0296. The Balaban J connectivity index is 1.42. The van der Waals surface area contributed by atoms with Gasteiger partial charge in [0.2, 0.25) is 21.8 Å². The first-order valence-corrected chi connectivity index (χ1v) is 11.7. The number of hydrogen-bond acceptors (Lipinski definition) is 5. The smallest absolute Gasteiger partial charge is 0.243 e. The predicted molar refractivity (Wildman–Crippen MR) is 110 cm³/mol. The summed E-state index contributed by atoms with van der Waals surface area (Å²) in [6.07, 6.45) is 1.57. The lowest BCUT2D eigenvalue weighted by atomic mass is 9.93. The van der Waals surface area contributed by atoms with Gasteiger partial charge in [0.15, 0.2) is 0 Å². The van der Waals surface area contributed by atoms with Crippen LogP contribution >= 0.6 is 23.2 Å². The van der Waals surface area contributed by atoms with Crippen LogP contribution in [0.4, 0.5) is 0 Å². The molecule has 0 atom stereocenters.